The number of anilines is 1. The molecule has 1 unspecified atom stereocenters. The summed E-state index contributed by atoms with van der Waals surface area (Å²) in [4.78, 5) is 13.0. The topological polar surface area (TPSA) is 85.6 Å². The van der Waals surface area contributed by atoms with Crippen LogP contribution in [0, 0.1) is 5.82 Å². The molecule has 2 aliphatic carbocycles. The van der Waals surface area contributed by atoms with Crippen molar-refractivity contribution in [3.63, 3.8) is 0 Å². The number of alkyl halides is 1. The average Bonchev–Trinajstić information content (AvgIpc) is 3.40. The maximum atomic E-state index is 14.8. The van der Waals surface area contributed by atoms with Crippen molar-refractivity contribution < 1.29 is 22.5 Å². The van der Waals surface area contributed by atoms with Gasteiger partial charge in [-0.3, -0.25) is 0 Å². The molecule has 1 aliphatic heterocycles. The Morgan fingerprint density at radius 2 is 2.03 bits per heavy atom. The van der Waals surface area contributed by atoms with Crippen LogP contribution in [-0.4, -0.2) is 38.6 Å². The summed E-state index contributed by atoms with van der Waals surface area (Å²) in [7, 11) is -3.13. The predicted octanol–water partition coefficient (Wildman–Crippen LogP) is 3.42. The molecular weight excluding hydrogens is 414 g/mol. The minimum atomic E-state index is -3.13. The lowest BCUT2D eigenvalue weighted by Gasteiger charge is -2.16. The second-order valence-electron chi connectivity index (χ2n) is 8.21. The number of benzene rings is 1. The van der Waals surface area contributed by atoms with Crippen molar-refractivity contribution in [3.8, 4) is 5.88 Å². The molecule has 1 aromatic heterocycles. The molecule has 0 bridgehead atoms. The second-order valence-corrected chi connectivity index (χ2v) is 10.4. The van der Waals surface area contributed by atoms with E-state index < -0.39 is 21.9 Å². The number of carbonyl (C=O) groups excluding carboxylic acids is 1. The number of urea groups is 1. The second kappa shape index (κ2) is 6.76. The van der Waals surface area contributed by atoms with Crippen molar-refractivity contribution in [1.82, 2.24) is 9.78 Å². The first-order chi connectivity index (χ1) is 14.2. The number of aromatic nitrogens is 2. The Morgan fingerprint density at radius 3 is 2.83 bits per heavy atom. The number of carbonyl (C=O) groups is 1. The lowest BCUT2D eigenvalue weighted by Crippen LogP contribution is -2.15. The molecule has 0 saturated carbocycles. The first kappa shape index (κ1) is 19.5. The first-order valence-corrected chi connectivity index (χ1v) is 11.9. The Bertz CT molecular complexity index is 1200. The van der Waals surface area contributed by atoms with E-state index in [1.54, 1.807) is 4.68 Å². The normalized spacial score (nSPS) is 23.3. The van der Waals surface area contributed by atoms with E-state index in [9.17, 15) is 17.8 Å². The molecule has 3 aliphatic rings. The third-order valence-electron chi connectivity index (χ3n) is 5.97. The smallest absolute Gasteiger partial charge is 0.353 e. The summed E-state index contributed by atoms with van der Waals surface area (Å²) in [6.07, 6.45) is 3.50. The van der Waals surface area contributed by atoms with Crippen molar-refractivity contribution in [1.29, 1.82) is 0 Å². The van der Waals surface area contributed by atoms with Gasteiger partial charge < -0.3 is 10.1 Å². The van der Waals surface area contributed by atoms with Gasteiger partial charge in [0, 0.05) is 24.8 Å². The third kappa shape index (κ3) is 3.00. The summed E-state index contributed by atoms with van der Waals surface area (Å²) in [5.74, 6) is 0.0176. The molecule has 30 heavy (non-hydrogen) atoms. The average molecular weight is 436 g/mol. The van der Waals surface area contributed by atoms with Crippen LogP contribution in [0.4, 0.5) is 19.3 Å². The standard InChI is InChI=1S/C20H22F2N4O3S/c1-10-9-26-19(29-10)16(8-23-26)30(2,28)25-20(27)24-18-13-5-3-4-12(13)17(22)14-6-11(21)7-15(14)18/h8,10-11H,3-7,9H2,1-2H3,(H,24,27)/t10-,11-,30?/m1/s1. The summed E-state index contributed by atoms with van der Waals surface area (Å²) < 4.78 is 53.2. The van der Waals surface area contributed by atoms with E-state index in [1.807, 2.05) is 6.92 Å². The van der Waals surface area contributed by atoms with Gasteiger partial charge in [0.1, 0.15) is 23.0 Å². The fourth-order valence-electron chi connectivity index (χ4n) is 4.69. The van der Waals surface area contributed by atoms with Gasteiger partial charge in [-0.1, -0.05) is 0 Å². The molecular formula is C20H22F2N4O3S. The van der Waals surface area contributed by atoms with Gasteiger partial charge >= 0.3 is 6.03 Å². The molecule has 10 heteroatoms. The lowest BCUT2D eigenvalue weighted by atomic mass is 9.98. The van der Waals surface area contributed by atoms with Crippen molar-refractivity contribution in [3.05, 3.63) is 34.3 Å². The van der Waals surface area contributed by atoms with Gasteiger partial charge in [-0.2, -0.15) is 5.10 Å². The summed E-state index contributed by atoms with van der Waals surface area (Å²) in [6, 6.07) is -0.807. The van der Waals surface area contributed by atoms with Crippen LogP contribution in [0.25, 0.3) is 0 Å². The number of fused-ring (bicyclic) bond motifs is 3. The van der Waals surface area contributed by atoms with Gasteiger partial charge in [-0.05, 0) is 48.4 Å². The molecule has 3 atom stereocenters. The van der Waals surface area contributed by atoms with E-state index in [0.717, 1.165) is 6.42 Å². The molecule has 2 aromatic rings. The van der Waals surface area contributed by atoms with E-state index in [2.05, 4.69) is 14.8 Å². The van der Waals surface area contributed by atoms with Crippen LogP contribution >= 0.6 is 0 Å². The van der Waals surface area contributed by atoms with Crippen molar-refractivity contribution in [2.24, 2.45) is 4.36 Å². The lowest BCUT2D eigenvalue weighted by molar-refractivity contribution is 0.248. The van der Waals surface area contributed by atoms with E-state index in [-0.39, 0.29) is 29.7 Å². The minimum Gasteiger partial charge on any atom is -0.472 e. The predicted molar refractivity (Wildman–Crippen MR) is 107 cm³/mol. The highest BCUT2D eigenvalue weighted by Gasteiger charge is 2.34. The van der Waals surface area contributed by atoms with Gasteiger partial charge in [0.25, 0.3) is 0 Å². The van der Waals surface area contributed by atoms with Crippen LogP contribution in [0.3, 0.4) is 0 Å². The number of rotatable bonds is 2. The Kier molecular flexibility index (Phi) is 4.39. The summed E-state index contributed by atoms with van der Waals surface area (Å²) in [6.45, 7) is 2.41. The number of ether oxygens (including phenoxy) is 1. The zero-order valence-corrected chi connectivity index (χ0v) is 17.5. The Morgan fingerprint density at radius 1 is 1.30 bits per heavy atom. The summed E-state index contributed by atoms with van der Waals surface area (Å²) in [5, 5.41) is 6.85. The Hall–Kier alpha value is -2.49. The minimum absolute atomic E-state index is 0.0110. The SMILES string of the molecule is C[C@@H]1Cn2ncc(S(C)(=O)=NC(=O)Nc3c4c(c(F)c5c3C[C@H](F)C5)CCC4)c2O1. The maximum Gasteiger partial charge on any atom is 0.353 e. The van der Waals surface area contributed by atoms with Gasteiger partial charge in [0.05, 0.1) is 22.5 Å². The van der Waals surface area contributed by atoms with Gasteiger partial charge in [0.2, 0.25) is 5.88 Å². The van der Waals surface area contributed by atoms with Crippen molar-refractivity contribution >= 4 is 21.4 Å². The van der Waals surface area contributed by atoms with Crippen molar-refractivity contribution in [2.75, 3.05) is 11.6 Å². The highest BCUT2D eigenvalue weighted by Crippen LogP contribution is 2.41. The molecule has 5 rings (SSSR count). The number of amides is 2. The molecule has 1 N–H and O–H groups in total. The Balaban J connectivity index is 1.51. The zero-order chi connectivity index (χ0) is 21.2. The van der Waals surface area contributed by atoms with E-state index in [0.29, 0.717) is 53.2 Å². The van der Waals surface area contributed by atoms with Gasteiger partial charge in [-0.25, -0.2) is 22.5 Å². The van der Waals surface area contributed by atoms with E-state index >= 15 is 0 Å². The molecule has 2 heterocycles. The summed E-state index contributed by atoms with van der Waals surface area (Å²) in [5.41, 5.74) is 2.53. The highest BCUT2D eigenvalue weighted by atomic mass is 32.2. The van der Waals surface area contributed by atoms with Crippen LogP contribution in [0.5, 0.6) is 5.88 Å². The van der Waals surface area contributed by atoms with Gasteiger partial charge in [0.15, 0.2) is 0 Å². The third-order valence-corrected chi connectivity index (χ3v) is 7.58. The maximum absolute atomic E-state index is 14.8. The fourth-order valence-corrected chi connectivity index (χ4v) is 5.87. The zero-order valence-electron chi connectivity index (χ0n) is 16.7. The van der Waals surface area contributed by atoms with E-state index in [4.69, 9.17) is 4.74 Å². The molecule has 0 radical (unpaired) electrons. The molecule has 0 fully saturated rings. The van der Waals surface area contributed by atoms with Crippen LogP contribution in [-0.2, 0) is 42.0 Å². The van der Waals surface area contributed by atoms with Gasteiger partial charge in [-0.15, -0.1) is 4.36 Å². The molecule has 2 amide bonds. The number of nitrogens with one attached hydrogen (secondary N) is 1. The molecule has 160 valence electrons. The molecule has 7 nitrogen and oxygen atoms in total. The van der Waals surface area contributed by atoms with E-state index in [1.165, 1.54) is 12.5 Å². The largest absolute Gasteiger partial charge is 0.472 e. The molecule has 0 spiro atoms. The summed E-state index contributed by atoms with van der Waals surface area (Å²) >= 11 is 0. The van der Waals surface area contributed by atoms with Crippen LogP contribution in [0.15, 0.2) is 15.5 Å². The van der Waals surface area contributed by atoms with Crippen molar-refractivity contribution in [2.45, 2.75) is 62.7 Å². The fraction of sp³-hybridized carbons (Fsp3) is 0.500. The number of nitrogens with zero attached hydrogens (tertiary/aromatic N) is 3. The number of hydrogen-bond donors (Lipinski definition) is 1. The quantitative estimate of drug-likeness (QED) is 0.782. The number of hydrogen-bond acceptors (Lipinski definition) is 4. The van der Waals surface area contributed by atoms with Crippen LogP contribution in [0.1, 0.15) is 35.6 Å². The highest BCUT2D eigenvalue weighted by molar-refractivity contribution is 7.93. The molecule has 1 aromatic carbocycles. The van der Waals surface area contributed by atoms with Crippen LogP contribution < -0.4 is 10.1 Å². The molecule has 0 saturated heterocycles. The monoisotopic (exact) mass is 436 g/mol. The first-order valence-electron chi connectivity index (χ1n) is 9.99. The Labute approximate surface area is 173 Å². The van der Waals surface area contributed by atoms with Crippen LogP contribution in [0.2, 0.25) is 0 Å². The number of halogens is 2.